The Morgan fingerprint density at radius 1 is 0.605 bits per heavy atom. The van der Waals surface area contributed by atoms with Gasteiger partial charge in [0.05, 0.1) is 26.2 Å². The van der Waals surface area contributed by atoms with Crippen LogP contribution in [0, 0.1) is 5.92 Å². The molecule has 5 nitrogen and oxygen atoms in total. The average Bonchev–Trinajstić information content (AvgIpc) is 2.91. The van der Waals surface area contributed by atoms with E-state index in [0.717, 1.165) is 25.7 Å². The summed E-state index contributed by atoms with van der Waals surface area (Å²) in [4.78, 5) is 25.2. The molecule has 0 aromatic heterocycles. The van der Waals surface area contributed by atoms with Crippen molar-refractivity contribution in [2.45, 2.75) is 163 Å². The van der Waals surface area contributed by atoms with Crippen molar-refractivity contribution >= 4 is 11.8 Å². The highest BCUT2D eigenvalue weighted by Gasteiger charge is 2.24. The summed E-state index contributed by atoms with van der Waals surface area (Å²) in [5.41, 5.74) is 0. The van der Waals surface area contributed by atoms with E-state index >= 15 is 0 Å². The van der Waals surface area contributed by atoms with Crippen LogP contribution in [0.25, 0.3) is 0 Å². The Morgan fingerprint density at radius 3 is 1.50 bits per heavy atom. The molecule has 0 saturated heterocycles. The zero-order chi connectivity index (χ0) is 28.5. The summed E-state index contributed by atoms with van der Waals surface area (Å²) < 4.78 is 1.17. The first kappa shape index (κ1) is 36.9. The minimum absolute atomic E-state index is 0.0116. The van der Waals surface area contributed by atoms with Crippen molar-refractivity contribution in [1.82, 2.24) is 10.6 Å². The van der Waals surface area contributed by atoms with Gasteiger partial charge in [-0.3, -0.25) is 9.59 Å². The van der Waals surface area contributed by atoms with Crippen LogP contribution in [0.3, 0.4) is 0 Å². The molecule has 0 aromatic rings. The Morgan fingerprint density at radius 2 is 1.05 bits per heavy atom. The van der Waals surface area contributed by atoms with Gasteiger partial charge in [0.1, 0.15) is 6.04 Å². The van der Waals surface area contributed by atoms with Gasteiger partial charge in [-0.2, -0.15) is 0 Å². The van der Waals surface area contributed by atoms with Crippen molar-refractivity contribution in [3.05, 3.63) is 0 Å². The second kappa shape index (κ2) is 24.9. The van der Waals surface area contributed by atoms with Crippen LogP contribution in [-0.4, -0.2) is 55.1 Å². The molecule has 0 spiro atoms. The molecule has 0 aliphatic carbocycles. The van der Waals surface area contributed by atoms with Crippen LogP contribution in [0.5, 0.6) is 0 Å². The van der Waals surface area contributed by atoms with Gasteiger partial charge in [-0.25, -0.2) is 0 Å². The second-order valence-corrected chi connectivity index (χ2v) is 12.0. The summed E-state index contributed by atoms with van der Waals surface area (Å²) in [6.45, 7) is 18.6. The predicted octanol–water partition coefficient (Wildman–Crippen LogP) is 8.16. The molecule has 0 aromatic carbocycles. The predicted molar refractivity (Wildman–Crippen MR) is 165 cm³/mol. The average molecular weight is 539 g/mol. The molecule has 0 aliphatic heterocycles. The van der Waals surface area contributed by atoms with E-state index in [1.807, 2.05) is 13.8 Å². The lowest BCUT2D eigenvalue weighted by atomic mass is 10.0. The van der Waals surface area contributed by atoms with Crippen molar-refractivity contribution in [2.24, 2.45) is 5.92 Å². The minimum atomic E-state index is -0.432. The van der Waals surface area contributed by atoms with Crippen molar-refractivity contribution < 1.29 is 14.1 Å². The summed E-state index contributed by atoms with van der Waals surface area (Å²) in [7, 11) is 0. The van der Waals surface area contributed by atoms with Gasteiger partial charge in [-0.1, -0.05) is 104 Å². The number of quaternary nitrogens is 1. The molecule has 0 fully saturated rings. The fourth-order valence-electron chi connectivity index (χ4n) is 5.48. The molecule has 38 heavy (non-hydrogen) atoms. The standard InChI is InChI=1S/C33H67N3O2/c1-7-11-12-13-14-15-16-17-18-19-20-21-22-25-28-34-33(38)32(30(5)6)35-31(37)27-24-23-26-29-36(8-2,9-3)10-4/h30,32H,7-29H2,1-6H3,(H-,34,35,37,38)/p+1/t32-/m0/s1. The molecule has 0 radical (unpaired) electrons. The van der Waals surface area contributed by atoms with Crippen LogP contribution in [0.1, 0.15) is 157 Å². The number of carbonyl (C=O) groups excluding carboxylic acids is 2. The Labute approximate surface area is 238 Å². The molecule has 0 aliphatic rings. The molecule has 0 bridgehead atoms. The Bertz CT molecular complexity index is 552. The van der Waals surface area contributed by atoms with Crippen molar-refractivity contribution in [3.63, 3.8) is 0 Å². The first-order valence-electron chi connectivity index (χ1n) is 16.8. The Kier molecular flexibility index (Phi) is 24.2. The summed E-state index contributed by atoms with van der Waals surface area (Å²) in [6.07, 6.45) is 22.3. The molecule has 2 N–H and O–H groups in total. The number of rotatable bonds is 27. The van der Waals surface area contributed by atoms with E-state index in [1.54, 1.807) is 0 Å². The van der Waals surface area contributed by atoms with Crippen molar-refractivity contribution in [2.75, 3.05) is 32.7 Å². The van der Waals surface area contributed by atoms with Crippen LogP contribution >= 0.6 is 0 Å². The SMILES string of the molecule is CCCCCCCCCCCCCCCCNC(=O)[C@@H](NC(=O)CCCCC[N+](CC)(CC)CC)C(C)C. The maximum atomic E-state index is 12.7. The topological polar surface area (TPSA) is 58.2 Å². The highest BCUT2D eigenvalue weighted by Crippen LogP contribution is 2.13. The monoisotopic (exact) mass is 539 g/mol. The second-order valence-electron chi connectivity index (χ2n) is 12.0. The van der Waals surface area contributed by atoms with Gasteiger partial charge in [0.15, 0.2) is 0 Å². The van der Waals surface area contributed by atoms with E-state index in [2.05, 4.69) is 38.3 Å². The first-order chi connectivity index (χ1) is 18.4. The molecule has 0 saturated carbocycles. The van der Waals surface area contributed by atoms with E-state index in [4.69, 9.17) is 0 Å². The highest BCUT2D eigenvalue weighted by atomic mass is 16.2. The maximum Gasteiger partial charge on any atom is 0.242 e. The van der Waals surface area contributed by atoms with E-state index in [-0.39, 0.29) is 17.7 Å². The largest absolute Gasteiger partial charge is 0.354 e. The molecular formula is C33H68N3O2+. The smallest absolute Gasteiger partial charge is 0.242 e. The number of nitrogens with one attached hydrogen (secondary N) is 2. The normalized spacial score (nSPS) is 12.6. The number of amides is 2. The number of hydrogen-bond donors (Lipinski definition) is 2. The Hall–Kier alpha value is -1.10. The minimum Gasteiger partial charge on any atom is -0.354 e. The fraction of sp³-hybridized carbons (Fsp3) is 0.939. The van der Waals surface area contributed by atoms with E-state index in [0.29, 0.717) is 13.0 Å². The number of unbranched alkanes of at least 4 members (excludes halogenated alkanes) is 15. The molecule has 5 heteroatoms. The number of nitrogens with zero attached hydrogens (tertiary/aromatic N) is 1. The fourth-order valence-corrected chi connectivity index (χ4v) is 5.48. The van der Waals surface area contributed by atoms with Crippen LogP contribution in [0.2, 0.25) is 0 Å². The molecule has 2 amide bonds. The summed E-state index contributed by atoms with van der Waals surface area (Å²) in [5.74, 6) is 0.0726. The maximum absolute atomic E-state index is 12.7. The molecular weight excluding hydrogens is 470 g/mol. The molecule has 0 heterocycles. The quantitative estimate of drug-likeness (QED) is 0.0818. The van der Waals surface area contributed by atoms with Gasteiger partial charge in [-0.15, -0.1) is 0 Å². The highest BCUT2D eigenvalue weighted by molar-refractivity contribution is 5.87. The van der Waals surface area contributed by atoms with Crippen LogP contribution in [0.4, 0.5) is 0 Å². The van der Waals surface area contributed by atoms with E-state index < -0.39 is 6.04 Å². The van der Waals surface area contributed by atoms with Gasteiger partial charge in [0.2, 0.25) is 11.8 Å². The summed E-state index contributed by atoms with van der Waals surface area (Å²) >= 11 is 0. The van der Waals surface area contributed by atoms with E-state index in [1.165, 1.54) is 114 Å². The van der Waals surface area contributed by atoms with E-state index in [9.17, 15) is 9.59 Å². The van der Waals surface area contributed by atoms with Crippen LogP contribution in [-0.2, 0) is 9.59 Å². The number of hydrogen-bond acceptors (Lipinski definition) is 2. The number of carbonyl (C=O) groups is 2. The van der Waals surface area contributed by atoms with Gasteiger partial charge in [-0.05, 0) is 52.4 Å². The van der Waals surface area contributed by atoms with Crippen molar-refractivity contribution in [1.29, 1.82) is 0 Å². The lowest BCUT2D eigenvalue weighted by molar-refractivity contribution is -0.923. The Balaban J connectivity index is 3.86. The van der Waals surface area contributed by atoms with Gasteiger partial charge < -0.3 is 15.1 Å². The molecule has 1 atom stereocenters. The zero-order valence-electron chi connectivity index (χ0n) is 26.7. The van der Waals surface area contributed by atoms with Crippen molar-refractivity contribution in [3.8, 4) is 0 Å². The summed E-state index contributed by atoms with van der Waals surface area (Å²) in [6, 6.07) is -0.432. The van der Waals surface area contributed by atoms with Gasteiger partial charge in [0.25, 0.3) is 0 Å². The van der Waals surface area contributed by atoms with Crippen LogP contribution < -0.4 is 10.6 Å². The molecule has 0 unspecified atom stereocenters. The lowest BCUT2D eigenvalue weighted by Crippen LogP contribution is -2.49. The summed E-state index contributed by atoms with van der Waals surface area (Å²) in [5, 5.41) is 6.07. The third kappa shape index (κ3) is 19.0. The molecule has 226 valence electrons. The van der Waals surface area contributed by atoms with Gasteiger partial charge >= 0.3 is 0 Å². The zero-order valence-corrected chi connectivity index (χ0v) is 26.7. The lowest BCUT2D eigenvalue weighted by Gasteiger charge is -2.35. The van der Waals surface area contributed by atoms with Gasteiger partial charge in [0, 0.05) is 13.0 Å². The third-order valence-electron chi connectivity index (χ3n) is 8.64. The van der Waals surface area contributed by atoms with Crippen LogP contribution in [0.15, 0.2) is 0 Å². The third-order valence-corrected chi connectivity index (χ3v) is 8.64. The first-order valence-corrected chi connectivity index (χ1v) is 16.8. The molecule has 0 rings (SSSR count).